The summed E-state index contributed by atoms with van der Waals surface area (Å²) in [6.07, 6.45) is 2.05. The minimum atomic E-state index is 0.726. The summed E-state index contributed by atoms with van der Waals surface area (Å²) >= 11 is 1.80. The van der Waals surface area contributed by atoms with Crippen molar-refractivity contribution in [2.45, 2.75) is 4.90 Å². The first kappa shape index (κ1) is 8.66. The van der Waals surface area contributed by atoms with Crippen molar-refractivity contribution >= 4 is 22.7 Å². The number of rotatable bonds is 3. The molecular weight excluding hydrogens is 180 g/mol. The number of nitrogens with two attached hydrogens (primary N) is 1. The average molecular weight is 192 g/mol. The third kappa shape index (κ3) is 1.71. The quantitative estimate of drug-likeness (QED) is 0.732. The molecule has 3 heteroatoms. The third-order valence-electron chi connectivity index (χ3n) is 1.93. The summed E-state index contributed by atoms with van der Waals surface area (Å²) in [5.41, 5.74) is 6.65. The number of thioether (sulfide) groups is 1. The topological polar surface area (TPSA) is 41.8 Å². The number of benzene rings is 1. The van der Waals surface area contributed by atoms with E-state index in [-0.39, 0.29) is 0 Å². The monoisotopic (exact) mass is 192 g/mol. The van der Waals surface area contributed by atoms with Crippen LogP contribution in [0.15, 0.2) is 35.4 Å². The molecule has 1 aromatic heterocycles. The van der Waals surface area contributed by atoms with Gasteiger partial charge in [-0.15, -0.1) is 11.8 Å². The van der Waals surface area contributed by atoms with Crippen LogP contribution >= 0.6 is 11.8 Å². The van der Waals surface area contributed by atoms with Crippen LogP contribution in [0.3, 0.4) is 0 Å². The van der Waals surface area contributed by atoms with Crippen LogP contribution in [0.4, 0.5) is 0 Å². The molecule has 0 aliphatic heterocycles. The Labute approximate surface area is 81.5 Å². The Bertz CT molecular complexity index is 394. The molecule has 0 unspecified atom stereocenters. The highest BCUT2D eigenvalue weighted by Gasteiger charge is 2.01. The SMILES string of the molecule is NCCSc1c[nH]c2ccccc12. The van der Waals surface area contributed by atoms with Gasteiger partial charge in [-0.1, -0.05) is 18.2 Å². The van der Waals surface area contributed by atoms with Crippen LogP contribution in [-0.4, -0.2) is 17.3 Å². The van der Waals surface area contributed by atoms with Crippen LogP contribution in [0.25, 0.3) is 10.9 Å². The van der Waals surface area contributed by atoms with Crippen molar-refractivity contribution in [3.8, 4) is 0 Å². The molecule has 0 fully saturated rings. The second-order valence-electron chi connectivity index (χ2n) is 2.84. The van der Waals surface area contributed by atoms with E-state index < -0.39 is 0 Å². The minimum absolute atomic E-state index is 0.726. The zero-order valence-corrected chi connectivity index (χ0v) is 8.10. The molecule has 0 spiro atoms. The molecule has 13 heavy (non-hydrogen) atoms. The van der Waals surface area contributed by atoms with Crippen molar-refractivity contribution in [3.63, 3.8) is 0 Å². The lowest BCUT2D eigenvalue weighted by atomic mass is 10.2. The van der Waals surface area contributed by atoms with E-state index >= 15 is 0 Å². The lowest BCUT2D eigenvalue weighted by molar-refractivity contribution is 1.15. The third-order valence-corrected chi connectivity index (χ3v) is 3.02. The normalized spacial score (nSPS) is 10.8. The van der Waals surface area contributed by atoms with Crippen molar-refractivity contribution in [2.24, 2.45) is 5.73 Å². The zero-order valence-electron chi connectivity index (χ0n) is 7.29. The lowest BCUT2D eigenvalue weighted by Crippen LogP contribution is -2.00. The summed E-state index contributed by atoms with van der Waals surface area (Å²) in [4.78, 5) is 4.53. The van der Waals surface area contributed by atoms with E-state index in [1.165, 1.54) is 15.8 Å². The van der Waals surface area contributed by atoms with Gasteiger partial charge in [0.15, 0.2) is 0 Å². The van der Waals surface area contributed by atoms with Crippen LogP contribution in [0.1, 0.15) is 0 Å². The molecule has 0 saturated carbocycles. The highest BCUT2D eigenvalue weighted by Crippen LogP contribution is 2.26. The molecule has 1 heterocycles. The molecule has 2 nitrogen and oxygen atoms in total. The molecule has 2 rings (SSSR count). The Hall–Kier alpha value is -0.930. The maximum absolute atomic E-state index is 5.46. The van der Waals surface area contributed by atoms with E-state index in [1.54, 1.807) is 11.8 Å². The largest absolute Gasteiger partial charge is 0.360 e. The average Bonchev–Trinajstić information content (AvgIpc) is 2.58. The Balaban J connectivity index is 2.35. The molecule has 68 valence electrons. The smallest absolute Gasteiger partial charge is 0.0465 e. The van der Waals surface area contributed by atoms with Crippen molar-refractivity contribution in [1.82, 2.24) is 4.98 Å². The summed E-state index contributed by atoms with van der Waals surface area (Å²) in [5.74, 6) is 0.974. The zero-order chi connectivity index (χ0) is 9.10. The van der Waals surface area contributed by atoms with Gasteiger partial charge in [0.05, 0.1) is 0 Å². The van der Waals surface area contributed by atoms with Gasteiger partial charge in [-0.2, -0.15) is 0 Å². The van der Waals surface area contributed by atoms with E-state index in [2.05, 4.69) is 23.2 Å². The second-order valence-corrected chi connectivity index (χ2v) is 3.97. The fourth-order valence-electron chi connectivity index (χ4n) is 1.33. The minimum Gasteiger partial charge on any atom is -0.360 e. The first-order valence-corrected chi connectivity index (χ1v) is 5.29. The maximum Gasteiger partial charge on any atom is 0.0465 e. The molecule has 2 aromatic rings. The number of H-pyrrole nitrogens is 1. The predicted molar refractivity (Wildman–Crippen MR) is 58.1 cm³/mol. The van der Waals surface area contributed by atoms with Gasteiger partial charge in [0.1, 0.15) is 0 Å². The summed E-state index contributed by atoms with van der Waals surface area (Å²) in [5, 5.41) is 1.29. The molecule has 0 bridgehead atoms. The van der Waals surface area contributed by atoms with E-state index in [1.807, 2.05) is 12.3 Å². The second kappa shape index (κ2) is 3.85. The molecule has 0 aliphatic carbocycles. The van der Waals surface area contributed by atoms with E-state index in [9.17, 15) is 0 Å². The molecule has 0 amide bonds. The standard InChI is InChI=1S/C10H12N2S/c11-5-6-13-10-7-12-9-4-2-1-3-8(9)10/h1-4,7,12H,5-6,11H2. The van der Waals surface area contributed by atoms with Gasteiger partial charge in [-0.05, 0) is 6.07 Å². The van der Waals surface area contributed by atoms with Gasteiger partial charge in [-0.25, -0.2) is 0 Å². The van der Waals surface area contributed by atoms with Crippen LogP contribution < -0.4 is 5.73 Å². The highest BCUT2D eigenvalue weighted by molar-refractivity contribution is 7.99. The number of hydrogen-bond donors (Lipinski definition) is 2. The number of para-hydroxylation sites is 1. The summed E-state index contributed by atoms with van der Waals surface area (Å²) in [7, 11) is 0. The van der Waals surface area contributed by atoms with Gasteiger partial charge < -0.3 is 10.7 Å². The lowest BCUT2D eigenvalue weighted by Gasteiger charge is -1.95. The molecule has 0 atom stereocenters. The maximum atomic E-state index is 5.46. The van der Waals surface area contributed by atoms with E-state index in [0.29, 0.717) is 0 Å². The van der Waals surface area contributed by atoms with Gasteiger partial charge in [0.2, 0.25) is 0 Å². The fraction of sp³-hybridized carbons (Fsp3) is 0.200. The first-order valence-electron chi connectivity index (χ1n) is 4.31. The Morgan fingerprint density at radius 2 is 2.15 bits per heavy atom. The summed E-state index contributed by atoms with van der Waals surface area (Å²) in [6.45, 7) is 0.726. The summed E-state index contributed by atoms with van der Waals surface area (Å²) < 4.78 is 0. The first-order chi connectivity index (χ1) is 6.42. The molecule has 0 radical (unpaired) electrons. The number of aromatic amines is 1. The van der Waals surface area contributed by atoms with E-state index in [4.69, 9.17) is 5.73 Å². The van der Waals surface area contributed by atoms with Crippen LogP contribution in [-0.2, 0) is 0 Å². The molecule has 1 aromatic carbocycles. The van der Waals surface area contributed by atoms with Crippen molar-refractivity contribution in [3.05, 3.63) is 30.5 Å². The van der Waals surface area contributed by atoms with E-state index in [0.717, 1.165) is 12.3 Å². The van der Waals surface area contributed by atoms with Gasteiger partial charge in [0, 0.05) is 34.3 Å². The molecule has 3 N–H and O–H groups in total. The molecule has 0 saturated heterocycles. The van der Waals surface area contributed by atoms with Crippen molar-refractivity contribution in [2.75, 3.05) is 12.3 Å². The van der Waals surface area contributed by atoms with Crippen LogP contribution in [0, 0.1) is 0 Å². The molecular formula is C10H12N2S. The van der Waals surface area contributed by atoms with Crippen molar-refractivity contribution in [1.29, 1.82) is 0 Å². The molecule has 0 aliphatic rings. The number of fused-ring (bicyclic) bond motifs is 1. The fourth-order valence-corrected chi connectivity index (χ4v) is 2.15. The summed E-state index contributed by atoms with van der Waals surface area (Å²) in [6, 6.07) is 8.31. The Morgan fingerprint density at radius 1 is 1.31 bits per heavy atom. The van der Waals surface area contributed by atoms with Crippen LogP contribution in [0.5, 0.6) is 0 Å². The Morgan fingerprint density at radius 3 is 3.00 bits per heavy atom. The number of hydrogen-bond acceptors (Lipinski definition) is 2. The highest BCUT2D eigenvalue weighted by atomic mass is 32.2. The van der Waals surface area contributed by atoms with Crippen LogP contribution in [0.2, 0.25) is 0 Å². The van der Waals surface area contributed by atoms with Gasteiger partial charge >= 0.3 is 0 Å². The number of aromatic nitrogens is 1. The van der Waals surface area contributed by atoms with Gasteiger partial charge in [0.25, 0.3) is 0 Å². The number of nitrogens with one attached hydrogen (secondary N) is 1. The Kier molecular flexibility index (Phi) is 2.57. The predicted octanol–water partition coefficient (Wildman–Crippen LogP) is 2.22. The van der Waals surface area contributed by atoms with Crippen molar-refractivity contribution < 1.29 is 0 Å². The van der Waals surface area contributed by atoms with Gasteiger partial charge in [-0.3, -0.25) is 0 Å².